The number of hydrogen-bond donors (Lipinski definition) is 2. The lowest BCUT2D eigenvalue weighted by molar-refractivity contribution is -0.139. The van der Waals surface area contributed by atoms with Crippen molar-refractivity contribution in [3.63, 3.8) is 0 Å². The first-order valence-electron chi connectivity index (χ1n) is 14.5. The summed E-state index contributed by atoms with van der Waals surface area (Å²) in [7, 11) is 0. The number of ether oxygens (including phenoxy) is 2. The van der Waals surface area contributed by atoms with Crippen molar-refractivity contribution in [3.05, 3.63) is 93.4 Å². The Labute approximate surface area is 252 Å². The number of carbonyl (C=O) groups is 1. The van der Waals surface area contributed by atoms with Gasteiger partial charge in [-0.1, -0.05) is 26.0 Å². The van der Waals surface area contributed by atoms with E-state index in [9.17, 15) is 28.2 Å². The van der Waals surface area contributed by atoms with Crippen LogP contribution in [0, 0.1) is 17.7 Å². The molecule has 0 spiro atoms. The van der Waals surface area contributed by atoms with E-state index < -0.39 is 34.5 Å². The topological polar surface area (TPSA) is 88.9 Å². The van der Waals surface area contributed by atoms with Crippen molar-refractivity contribution in [2.75, 3.05) is 6.61 Å². The molecule has 0 amide bonds. The fraction of sp³-hybridized carbons (Fsp3) is 0.412. The van der Waals surface area contributed by atoms with Gasteiger partial charge in [0.1, 0.15) is 18.2 Å². The average molecular weight is 612 g/mol. The molecule has 3 aliphatic carbocycles. The lowest BCUT2D eigenvalue weighted by atomic mass is 9.86. The van der Waals surface area contributed by atoms with Gasteiger partial charge in [-0.3, -0.25) is 4.79 Å². The van der Waals surface area contributed by atoms with Gasteiger partial charge < -0.3 is 19.7 Å². The van der Waals surface area contributed by atoms with Crippen molar-refractivity contribution in [1.29, 1.82) is 0 Å². The maximum atomic E-state index is 15.3. The highest BCUT2D eigenvalue weighted by atomic mass is 19.4. The molecule has 3 atom stereocenters. The fourth-order valence-corrected chi connectivity index (χ4v) is 6.56. The number of fused-ring (bicyclic) bond motifs is 4. The number of carboxylic acids is 1. The van der Waals surface area contributed by atoms with Crippen LogP contribution in [0.2, 0.25) is 0 Å². The van der Waals surface area contributed by atoms with Crippen molar-refractivity contribution in [2.45, 2.75) is 70.3 Å². The molecule has 6 nitrogen and oxygen atoms in total. The van der Waals surface area contributed by atoms with Crippen LogP contribution >= 0.6 is 0 Å². The van der Waals surface area contributed by atoms with E-state index in [0.29, 0.717) is 23.1 Å². The molecule has 1 heterocycles. The number of pyridine rings is 1. The predicted molar refractivity (Wildman–Crippen MR) is 154 cm³/mol. The molecule has 232 valence electrons. The van der Waals surface area contributed by atoms with E-state index in [0.717, 1.165) is 17.2 Å². The van der Waals surface area contributed by atoms with Gasteiger partial charge in [0.15, 0.2) is 0 Å². The summed E-state index contributed by atoms with van der Waals surface area (Å²) in [4.78, 5) is 15.7. The molecule has 1 fully saturated rings. The van der Waals surface area contributed by atoms with Crippen molar-refractivity contribution < 1.29 is 42.0 Å². The van der Waals surface area contributed by atoms with Gasteiger partial charge in [0.25, 0.3) is 0 Å². The maximum absolute atomic E-state index is 15.3. The molecule has 0 unspecified atom stereocenters. The highest BCUT2D eigenvalue weighted by Gasteiger charge is 2.60. The predicted octanol–water partition coefficient (Wildman–Crippen LogP) is 7.05. The molecule has 10 heteroatoms. The fourth-order valence-electron chi connectivity index (χ4n) is 6.56. The molecular formula is C34H33F4NO5. The SMILES string of the molecule is CC(C)(O)CCOc1ccc(C2=CC(C)(C)c3cc(F)c(COc4cc5c(cn4)[C@H]4[C@@H](C5)[C@@H]4C(=O)O)cc32)c(C(F)(F)F)c1. The molecule has 1 saturated carbocycles. The minimum Gasteiger partial charge on any atom is -0.493 e. The van der Waals surface area contributed by atoms with Crippen LogP contribution in [0.5, 0.6) is 11.6 Å². The third kappa shape index (κ3) is 5.56. The second kappa shape index (κ2) is 10.3. The molecule has 0 bridgehead atoms. The quantitative estimate of drug-likeness (QED) is 0.252. The molecule has 3 aliphatic rings. The molecule has 3 aromatic rings. The molecule has 0 radical (unpaired) electrons. The summed E-state index contributed by atoms with van der Waals surface area (Å²) >= 11 is 0. The number of aliphatic hydroxyl groups is 1. The van der Waals surface area contributed by atoms with E-state index in [4.69, 9.17) is 9.47 Å². The standard InChI is InChI=1S/C34H33F4NO5/c1-32(2)14-23(20-6-5-19(12-26(20)34(36,37)38)43-8-7-33(3,4)42)21-10-18(27(35)13-25(21)32)16-44-28-11-17-9-22-29(24(17)15-39-28)30(22)31(40)41/h5-6,10-15,22,29-30,42H,7-9,16H2,1-4H3,(H,40,41)/t22-,29-,30+/m1/s1. The first-order chi connectivity index (χ1) is 20.5. The summed E-state index contributed by atoms with van der Waals surface area (Å²) in [6.45, 7) is 6.69. The number of nitrogens with zero attached hydrogens (tertiary/aromatic N) is 1. The van der Waals surface area contributed by atoms with Gasteiger partial charge in [-0.2, -0.15) is 13.2 Å². The Bertz CT molecular complexity index is 1690. The molecule has 6 rings (SSSR count). The van der Waals surface area contributed by atoms with E-state index >= 15 is 4.39 Å². The zero-order chi connectivity index (χ0) is 31.8. The Morgan fingerprint density at radius 3 is 2.52 bits per heavy atom. The van der Waals surface area contributed by atoms with E-state index in [1.165, 1.54) is 18.2 Å². The zero-order valence-electron chi connectivity index (χ0n) is 24.8. The van der Waals surface area contributed by atoms with Gasteiger partial charge in [0.05, 0.1) is 23.7 Å². The number of aromatic nitrogens is 1. The maximum Gasteiger partial charge on any atom is 0.417 e. The average Bonchev–Trinajstić information content (AvgIpc) is 3.42. The Morgan fingerprint density at radius 2 is 1.84 bits per heavy atom. The normalized spacial score (nSPS) is 21.3. The van der Waals surface area contributed by atoms with Crippen LogP contribution in [-0.4, -0.2) is 33.4 Å². The Kier molecular flexibility index (Phi) is 7.07. The van der Waals surface area contributed by atoms with Crippen LogP contribution in [0.4, 0.5) is 17.6 Å². The summed E-state index contributed by atoms with van der Waals surface area (Å²) in [5.74, 6) is -1.36. The Balaban J connectivity index is 1.26. The molecule has 44 heavy (non-hydrogen) atoms. The van der Waals surface area contributed by atoms with Crippen LogP contribution in [0.25, 0.3) is 5.57 Å². The number of hydrogen-bond acceptors (Lipinski definition) is 5. The number of aliphatic carboxylic acids is 1. The molecule has 0 aliphatic heterocycles. The summed E-state index contributed by atoms with van der Waals surface area (Å²) in [5.41, 5.74) is 0.765. The van der Waals surface area contributed by atoms with Crippen LogP contribution in [0.15, 0.2) is 48.7 Å². The highest BCUT2D eigenvalue weighted by molar-refractivity contribution is 5.88. The van der Waals surface area contributed by atoms with Crippen LogP contribution in [0.3, 0.4) is 0 Å². The number of rotatable bonds is 9. The lowest BCUT2D eigenvalue weighted by Crippen LogP contribution is -2.22. The molecular weight excluding hydrogens is 578 g/mol. The van der Waals surface area contributed by atoms with E-state index in [2.05, 4.69) is 4.98 Å². The first kappa shape index (κ1) is 30.1. The Morgan fingerprint density at radius 1 is 1.09 bits per heavy atom. The van der Waals surface area contributed by atoms with Gasteiger partial charge in [0, 0.05) is 35.6 Å². The second-order valence-electron chi connectivity index (χ2n) is 13.2. The van der Waals surface area contributed by atoms with Gasteiger partial charge in [-0.25, -0.2) is 9.37 Å². The largest absolute Gasteiger partial charge is 0.493 e. The minimum absolute atomic E-state index is 0.0262. The number of carboxylic acid groups (broad SMARTS) is 1. The summed E-state index contributed by atoms with van der Waals surface area (Å²) in [5, 5.41) is 19.2. The summed E-state index contributed by atoms with van der Waals surface area (Å²) in [6, 6.07) is 8.44. The minimum atomic E-state index is -4.69. The smallest absolute Gasteiger partial charge is 0.417 e. The third-order valence-electron chi connectivity index (χ3n) is 8.89. The number of alkyl halides is 3. The number of halogens is 4. The van der Waals surface area contributed by atoms with Crippen molar-refractivity contribution >= 4 is 11.5 Å². The van der Waals surface area contributed by atoms with Crippen molar-refractivity contribution in [1.82, 2.24) is 4.98 Å². The monoisotopic (exact) mass is 611 g/mol. The van der Waals surface area contributed by atoms with E-state index in [1.807, 2.05) is 13.8 Å². The highest BCUT2D eigenvalue weighted by Crippen LogP contribution is 2.61. The molecule has 2 aromatic carbocycles. The third-order valence-corrected chi connectivity index (χ3v) is 8.89. The molecule has 0 saturated heterocycles. The lowest BCUT2D eigenvalue weighted by Gasteiger charge is -2.20. The van der Waals surface area contributed by atoms with Gasteiger partial charge >= 0.3 is 12.1 Å². The number of benzene rings is 2. The van der Waals surface area contributed by atoms with Crippen LogP contribution in [-0.2, 0) is 29.4 Å². The molecule has 2 N–H and O–H groups in total. The van der Waals surface area contributed by atoms with Crippen LogP contribution < -0.4 is 9.47 Å². The second-order valence-corrected chi connectivity index (χ2v) is 13.2. The van der Waals surface area contributed by atoms with Crippen LogP contribution in [0.1, 0.15) is 79.0 Å². The first-order valence-corrected chi connectivity index (χ1v) is 14.5. The molecule has 1 aromatic heterocycles. The van der Waals surface area contributed by atoms with Gasteiger partial charge in [-0.05, 0) is 83.8 Å². The van der Waals surface area contributed by atoms with E-state index in [-0.39, 0.29) is 60.1 Å². The van der Waals surface area contributed by atoms with Crippen molar-refractivity contribution in [2.24, 2.45) is 11.8 Å². The zero-order valence-corrected chi connectivity index (χ0v) is 24.8. The van der Waals surface area contributed by atoms with Gasteiger partial charge in [-0.15, -0.1) is 0 Å². The number of allylic oxidation sites excluding steroid dienone is 1. The van der Waals surface area contributed by atoms with E-state index in [1.54, 1.807) is 38.3 Å². The summed E-state index contributed by atoms with van der Waals surface area (Å²) < 4.78 is 69.8. The van der Waals surface area contributed by atoms with Gasteiger partial charge in [0.2, 0.25) is 5.88 Å². The summed E-state index contributed by atoms with van der Waals surface area (Å²) in [6.07, 6.45) is -0.477. The van der Waals surface area contributed by atoms with Crippen molar-refractivity contribution in [3.8, 4) is 11.6 Å². The Hall–Kier alpha value is -3.92.